The molecule has 2 heterocycles. The van der Waals surface area contributed by atoms with Crippen molar-refractivity contribution in [2.45, 2.75) is 31.8 Å². The van der Waals surface area contributed by atoms with Crippen LogP contribution in [0.15, 0.2) is 30.3 Å². The van der Waals surface area contributed by atoms with Crippen molar-refractivity contribution in [3.05, 3.63) is 52.6 Å². The molecule has 170 valence electrons. The Morgan fingerprint density at radius 1 is 1.25 bits per heavy atom. The molecule has 1 fully saturated rings. The molecule has 0 saturated carbocycles. The standard InChI is InChI=1S/C21H24BN2O8/c1-11-2-4-14(15(25)8-11)18(23)20(26)24-9-13(10-24)31-16-5-3-12-6-7-22(29,30)32-19(12)17(16)21(27)28/h2-5,8,13,18,25,29-30H,6-7,9-10,23H2,1H3,(H,27,28)/q-1. The first-order valence-corrected chi connectivity index (χ1v) is 10.2. The van der Waals surface area contributed by atoms with Crippen molar-refractivity contribution in [3.63, 3.8) is 0 Å². The number of benzene rings is 2. The van der Waals surface area contributed by atoms with Crippen LogP contribution in [0, 0.1) is 6.92 Å². The van der Waals surface area contributed by atoms with Gasteiger partial charge in [-0.15, -0.1) is 0 Å². The summed E-state index contributed by atoms with van der Waals surface area (Å²) in [5, 5.41) is 39.4. The molecule has 32 heavy (non-hydrogen) atoms. The second-order valence-corrected chi connectivity index (χ2v) is 8.27. The number of aromatic carboxylic acids is 1. The second kappa shape index (κ2) is 8.01. The van der Waals surface area contributed by atoms with E-state index in [4.69, 9.17) is 15.1 Å². The molecule has 1 atom stereocenters. The summed E-state index contributed by atoms with van der Waals surface area (Å²) in [6.45, 7) is -0.949. The molecule has 0 aromatic heterocycles. The van der Waals surface area contributed by atoms with Crippen molar-refractivity contribution in [1.29, 1.82) is 0 Å². The summed E-state index contributed by atoms with van der Waals surface area (Å²) in [6.07, 6.45) is -0.239. The van der Waals surface area contributed by atoms with Gasteiger partial charge >= 0.3 is 12.7 Å². The van der Waals surface area contributed by atoms with Gasteiger partial charge < -0.3 is 40.3 Å². The SMILES string of the molecule is Cc1ccc(C(N)C(=O)N2CC(Oc3ccc4c(c3C(=O)O)O[B-](O)(O)CC4)C2)c(O)c1. The number of nitrogens with zero attached hydrogens (tertiary/aromatic N) is 1. The summed E-state index contributed by atoms with van der Waals surface area (Å²) in [6, 6.07) is 6.99. The Hall–Kier alpha value is -3.28. The van der Waals surface area contributed by atoms with E-state index in [0.717, 1.165) is 5.56 Å². The highest BCUT2D eigenvalue weighted by Crippen LogP contribution is 2.39. The fourth-order valence-corrected chi connectivity index (χ4v) is 3.95. The number of aromatic hydroxyl groups is 1. The minimum Gasteiger partial charge on any atom is -0.669 e. The molecule has 2 aromatic rings. The van der Waals surface area contributed by atoms with Crippen molar-refractivity contribution < 1.29 is 39.2 Å². The van der Waals surface area contributed by atoms with Crippen molar-refractivity contribution >= 4 is 18.6 Å². The maximum Gasteiger partial charge on any atom is 0.430 e. The van der Waals surface area contributed by atoms with Crippen LogP contribution in [0.2, 0.25) is 6.32 Å². The predicted octanol–water partition coefficient (Wildman–Crippen LogP) is 0.547. The summed E-state index contributed by atoms with van der Waals surface area (Å²) in [5.41, 5.74) is 7.45. The lowest BCUT2D eigenvalue weighted by atomic mass is 9.70. The number of carboxylic acids is 1. The van der Waals surface area contributed by atoms with E-state index in [2.05, 4.69) is 0 Å². The zero-order valence-electron chi connectivity index (χ0n) is 17.4. The molecule has 2 aromatic carbocycles. The molecule has 2 aliphatic heterocycles. The topological polar surface area (TPSA) is 163 Å². The van der Waals surface area contributed by atoms with E-state index in [1.54, 1.807) is 18.2 Å². The molecule has 4 rings (SSSR count). The number of nitrogens with two attached hydrogens (primary N) is 1. The zero-order valence-corrected chi connectivity index (χ0v) is 17.4. The van der Waals surface area contributed by atoms with E-state index in [1.165, 1.54) is 17.0 Å². The number of hydrogen-bond donors (Lipinski definition) is 5. The number of hydrogen-bond acceptors (Lipinski definition) is 8. The Bertz CT molecular complexity index is 1080. The summed E-state index contributed by atoms with van der Waals surface area (Å²) in [5.74, 6) is -1.86. The van der Waals surface area contributed by atoms with E-state index in [0.29, 0.717) is 11.1 Å². The maximum absolute atomic E-state index is 12.7. The van der Waals surface area contributed by atoms with Crippen molar-refractivity contribution in [2.75, 3.05) is 13.1 Å². The Balaban J connectivity index is 1.45. The number of carboxylic acid groups (broad SMARTS) is 1. The van der Waals surface area contributed by atoms with Gasteiger partial charge in [-0.05, 0) is 36.6 Å². The molecule has 11 heteroatoms. The molecule has 1 saturated heterocycles. The van der Waals surface area contributed by atoms with Gasteiger partial charge in [-0.3, -0.25) is 4.79 Å². The number of likely N-dealkylation sites (tertiary alicyclic amines) is 1. The minimum absolute atomic E-state index is 0.0160. The molecule has 2 aliphatic rings. The Labute approximate surface area is 183 Å². The summed E-state index contributed by atoms with van der Waals surface area (Å²) in [7, 11) is 0. The van der Waals surface area contributed by atoms with Crippen LogP contribution < -0.4 is 15.1 Å². The summed E-state index contributed by atoms with van der Waals surface area (Å²) >= 11 is 0. The maximum atomic E-state index is 12.7. The van der Waals surface area contributed by atoms with Crippen LogP contribution in [0.3, 0.4) is 0 Å². The molecular weight excluding hydrogens is 419 g/mol. The average molecular weight is 443 g/mol. The number of phenols is 1. The average Bonchev–Trinajstić information content (AvgIpc) is 2.68. The Morgan fingerprint density at radius 3 is 2.62 bits per heavy atom. The highest BCUT2D eigenvalue weighted by Gasteiger charge is 2.38. The molecule has 1 unspecified atom stereocenters. The zero-order chi connectivity index (χ0) is 23.2. The Kier molecular flexibility index (Phi) is 5.49. The third-order valence-electron chi connectivity index (χ3n) is 5.75. The fraction of sp³-hybridized carbons (Fsp3) is 0.333. The van der Waals surface area contributed by atoms with Gasteiger partial charge in [0.1, 0.15) is 29.2 Å². The minimum atomic E-state index is -3.13. The van der Waals surface area contributed by atoms with Crippen LogP contribution in [-0.2, 0) is 11.2 Å². The number of rotatable bonds is 5. The number of ether oxygens (including phenoxy) is 1. The van der Waals surface area contributed by atoms with Crippen LogP contribution >= 0.6 is 0 Å². The van der Waals surface area contributed by atoms with Gasteiger partial charge in [-0.25, -0.2) is 4.79 Å². The smallest absolute Gasteiger partial charge is 0.430 e. The lowest BCUT2D eigenvalue weighted by molar-refractivity contribution is -0.141. The van der Waals surface area contributed by atoms with Gasteiger partial charge in [-0.1, -0.05) is 24.5 Å². The van der Waals surface area contributed by atoms with Gasteiger partial charge in [0.05, 0.1) is 18.8 Å². The van der Waals surface area contributed by atoms with Crippen LogP contribution in [-0.4, -0.2) is 63.0 Å². The van der Waals surface area contributed by atoms with Gasteiger partial charge in [0.25, 0.3) is 0 Å². The van der Waals surface area contributed by atoms with Gasteiger partial charge in [0.2, 0.25) is 5.91 Å². The molecule has 0 radical (unpaired) electrons. The highest BCUT2D eigenvalue weighted by atomic mass is 16.6. The number of carbonyl (C=O) groups excluding carboxylic acids is 1. The molecular formula is C21H24BN2O8-. The van der Waals surface area contributed by atoms with Crippen LogP contribution in [0.5, 0.6) is 17.2 Å². The van der Waals surface area contributed by atoms with E-state index < -0.39 is 24.9 Å². The van der Waals surface area contributed by atoms with Crippen LogP contribution in [0.4, 0.5) is 0 Å². The van der Waals surface area contributed by atoms with Crippen LogP contribution in [0.25, 0.3) is 0 Å². The molecule has 0 bridgehead atoms. The summed E-state index contributed by atoms with van der Waals surface area (Å²) in [4.78, 5) is 26.0. The van der Waals surface area contributed by atoms with Crippen molar-refractivity contribution in [2.24, 2.45) is 5.73 Å². The van der Waals surface area contributed by atoms with E-state index in [1.807, 2.05) is 6.92 Å². The second-order valence-electron chi connectivity index (χ2n) is 8.27. The third kappa shape index (κ3) is 4.09. The number of carbonyl (C=O) groups is 2. The van der Waals surface area contributed by atoms with Crippen LogP contribution in [0.1, 0.15) is 33.1 Å². The summed E-state index contributed by atoms with van der Waals surface area (Å²) < 4.78 is 10.9. The number of phenolic OH excluding ortho intramolecular Hbond substituents is 1. The molecule has 0 aliphatic carbocycles. The third-order valence-corrected chi connectivity index (χ3v) is 5.75. The van der Waals surface area contributed by atoms with Gasteiger partial charge in [0.15, 0.2) is 0 Å². The van der Waals surface area contributed by atoms with E-state index in [9.17, 15) is 29.9 Å². The monoisotopic (exact) mass is 443 g/mol. The normalized spacial score (nSPS) is 18.2. The van der Waals surface area contributed by atoms with E-state index in [-0.39, 0.29) is 54.5 Å². The number of fused-ring (bicyclic) bond motifs is 1. The molecule has 1 amide bonds. The number of amides is 1. The largest absolute Gasteiger partial charge is 0.669 e. The van der Waals surface area contributed by atoms with Crippen molar-refractivity contribution in [1.82, 2.24) is 4.90 Å². The first-order chi connectivity index (χ1) is 15.1. The number of aryl methyl sites for hydroxylation is 2. The molecule has 0 spiro atoms. The highest BCUT2D eigenvalue weighted by molar-refractivity contribution is 6.59. The lowest BCUT2D eigenvalue weighted by Crippen LogP contribution is -2.58. The van der Waals surface area contributed by atoms with E-state index >= 15 is 0 Å². The van der Waals surface area contributed by atoms with Crippen molar-refractivity contribution in [3.8, 4) is 17.2 Å². The van der Waals surface area contributed by atoms with Gasteiger partial charge in [-0.2, -0.15) is 0 Å². The van der Waals surface area contributed by atoms with Gasteiger partial charge in [0, 0.05) is 5.56 Å². The first kappa shape index (κ1) is 21.9. The molecule has 10 nitrogen and oxygen atoms in total. The quantitative estimate of drug-likeness (QED) is 0.415. The lowest BCUT2D eigenvalue weighted by Gasteiger charge is -2.41. The Morgan fingerprint density at radius 2 is 1.97 bits per heavy atom. The molecule has 6 N–H and O–H groups in total. The first-order valence-electron chi connectivity index (χ1n) is 10.2. The predicted molar refractivity (Wildman–Crippen MR) is 114 cm³/mol. The fourth-order valence-electron chi connectivity index (χ4n) is 3.95.